The lowest BCUT2D eigenvalue weighted by Gasteiger charge is -2.16. The van der Waals surface area contributed by atoms with Gasteiger partial charge in [-0.25, -0.2) is 12.7 Å². The van der Waals surface area contributed by atoms with Crippen molar-refractivity contribution >= 4 is 27.0 Å². The van der Waals surface area contributed by atoms with Gasteiger partial charge in [0.15, 0.2) is 0 Å². The van der Waals surface area contributed by atoms with E-state index in [9.17, 15) is 8.42 Å². The summed E-state index contributed by atoms with van der Waals surface area (Å²) in [6.07, 6.45) is 10.6. The number of fused-ring (bicyclic) bond motifs is 1. The van der Waals surface area contributed by atoms with Gasteiger partial charge in [-0.1, -0.05) is 12.1 Å². The molecule has 1 aliphatic heterocycles. The Bertz CT molecular complexity index is 817. The van der Waals surface area contributed by atoms with Crippen molar-refractivity contribution < 1.29 is 8.42 Å². The second-order valence-corrected chi connectivity index (χ2v) is 5.94. The minimum absolute atomic E-state index is 0.244. The van der Waals surface area contributed by atoms with E-state index in [1.807, 2.05) is 6.07 Å². The summed E-state index contributed by atoms with van der Waals surface area (Å²) in [4.78, 5) is 8.13. The number of aromatic nitrogens is 1. The smallest absolute Gasteiger partial charge is 0.264 e. The molecule has 0 aliphatic carbocycles. The number of aliphatic imine (C=N–C) groups is 1. The molecule has 20 heavy (non-hydrogen) atoms. The largest absolute Gasteiger partial charge is 0.268 e. The molecule has 2 heterocycles. The summed E-state index contributed by atoms with van der Waals surface area (Å²) in [5.41, 5.74) is 0. The Morgan fingerprint density at radius 1 is 1.10 bits per heavy atom. The maximum absolute atomic E-state index is 12.7. The number of pyridine rings is 1. The van der Waals surface area contributed by atoms with Gasteiger partial charge in [-0.2, -0.15) is 0 Å². The van der Waals surface area contributed by atoms with Crippen molar-refractivity contribution in [1.29, 1.82) is 0 Å². The van der Waals surface area contributed by atoms with Crippen molar-refractivity contribution in [2.45, 2.75) is 4.90 Å². The maximum Gasteiger partial charge on any atom is 0.268 e. The molecule has 0 spiro atoms. The second-order valence-electron chi connectivity index (χ2n) is 4.13. The third-order valence-corrected chi connectivity index (χ3v) is 4.61. The summed E-state index contributed by atoms with van der Waals surface area (Å²) in [5, 5.41) is 1.43. The fourth-order valence-electron chi connectivity index (χ4n) is 1.97. The van der Waals surface area contributed by atoms with Crippen LogP contribution in [0.4, 0.5) is 0 Å². The van der Waals surface area contributed by atoms with Crippen LogP contribution in [0.25, 0.3) is 10.8 Å². The van der Waals surface area contributed by atoms with Gasteiger partial charge in [0.05, 0.1) is 4.90 Å². The predicted molar refractivity (Wildman–Crippen MR) is 77.5 cm³/mol. The monoisotopic (exact) mass is 285 g/mol. The van der Waals surface area contributed by atoms with Crippen molar-refractivity contribution in [1.82, 2.24) is 9.29 Å². The second kappa shape index (κ2) is 4.90. The molecule has 0 saturated carbocycles. The lowest BCUT2D eigenvalue weighted by molar-refractivity contribution is 0.554. The Morgan fingerprint density at radius 3 is 2.90 bits per heavy atom. The van der Waals surface area contributed by atoms with Crippen LogP contribution in [-0.4, -0.2) is 23.9 Å². The highest BCUT2D eigenvalue weighted by molar-refractivity contribution is 7.89. The van der Waals surface area contributed by atoms with Gasteiger partial charge in [-0.05, 0) is 18.2 Å². The zero-order valence-electron chi connectivity index (χ0n) is 10.4. The predicted octanol–water partition coefficient (Wildman–Crippen LogP) is 2.29. The van der Waals surface area contributed by atoms with E-state index in [-0.39, 0.29) is 4.90 Å². The van der Waals surface area contributed by atoms with Crippen molar-refractivity contribution in [3.8, 4) is 0 Å². The quantitative estimate of drug-likeness (QED) is 0.850. The first-order valence-electron chi connectivity index (χ1n) is 5.92. The first-order valence-corrected chi connectivity index (χ1v) is 7.36. The van der Waals surface area contributed by atoms with Gasteiger partial charge in [-0.15, -0.1) is 0 Å². The van der Waals surface area contributed by atoms with E-state index in [1.54, 1.807) is 36.7 Å². The minimum Gasteiger partial charge on any atom is -0.264 e. The molecule has 0 atom stereocenters. The Kier molecular flexibility index (Phi) is 3.08. The van der Waals surface area contributed by atoms with E-state index >= 15 is 0 Å². The summed E-state index contributed by atoms with van der Waals surface area (Å²) in [5.74, 6) is 0. The molecule has 100 valence electrons. The zero-order chi connectivity index (χ0) is 14.0. The molecular weight excluding hydrogens is 274 g/mol. The third kappa shape index (κ3) is 2.10. The molecule has 5 nitrogen and oxygen atoms in total. The standard InChI is InChI=1S/C14H11N3O2S/c18-20(19,17-9-2-6-15-8-10-17)14-4-1-3-12-11-16-7-5-13(12)14/h1-11H. The van der Waals surface area contributed by atoms with Gasteiger partial charge in [-0.3, -0.25) is 9.98 Å². The third-order valence-electron chi connectivity index (χ3n) is 2.90. The number of nitrogens with zero attached hydrogens (tertiary/aromatic N) is 3. The van der Waals surface area contributed by atoms with E-state index in [0.29, 0.717) is 5.39 Å². The van der Waals surface area contributed by atoms with Gasteiger partial charge < -0.3 is 0 Å². The van der Waals surface area contributed by atoms with E-state index in [2.05, 4.69) is 9.98 Å². The molecule has 0 amide bonds. The van der Waals surface area contributed by atoms with Gasteiger partial charge in [0, 0.05) is 48.0 Å². The van der Waals surface area contributed by atoms with E-state index < -0.39 is 10.0 Å². The molecule has 1 aromatic heterocycles. The lowest BCUT2D eigenvalue weighted by Crippen LogP contribution is -2.20. The number of benzene rings is 1. The number of allylic oxidation sites excluding steroid dienone is 1. The SMILES string of the molecule is O=S(=O)(c1cccc2cnccc12)N1C=CC=NC=C1. The normalized spacial score (nSPS) is 14.7. The molecule has 0 N–H and O–H groups in total. The molecule has 0 saturated heterocycles. The molecule has 1 aliphatic rings. The lowest BCUT2D eigenvalue weighted by atomic mass is 10.2. The Hall–Kier alpha value is -2.47. The first kappa shape index (κ1) is 12.6. The molecular formula is C14H11N3O2S. The Balaban J connectivity index is 2.19. The summed E-state index contributed by atoms with van der Waals surface area (Å²) in [7, 11) is -3.66. The van der Waals surface area contributed by atoms with Crippen LogP contribution in [0.3, 0.4) is 0 Å². The molecule has 6 heteroatoms. The summed E-state index contributed by atoms with van der Waals surface area (Å²) in [6, 6.07) is 6.83. The minimum atomic E-state index is -3.66. The molecule has 0 unspecified atom stereocenters. The topological polar surface area (TPSA) is 62.6 Å². The van der Waals surface area contributed by atoms with Crippen molar-refractivity contribution in [3.05, 3.63) is 61.3 Å². The maximum atomic E-state index is 12.7. The van der Waals surface area contributed by atoms with Crippen LogP contribution in [0.2, 0.25) is 0 Å². The fourth-order valence-corrected chi connectivity index (χ4v) is 3.35. The van der Waals surface area contributed by atoms with Crippen molar-refractivity contribution in [3.63, 3.8) is 0 Å². The Labute approximate surface area is 116 Å². The summed E-state index contributed by atoms with van der Waals surface area (Å²) >= 11 is 0. The molecule has 1 aromatic carbocycles. The summed E-state index contributed by atoms with van der Waals surface area (Å²) < 4.78 is 26.6. The first-order chi connectivity index (χ1) is 9.69. The van der Waals surface area contributed by atoms with Gasteiger partial charge >= 0.3 is 0 Å². The van der Waals surface area contributed by atoms with Crippen LogP contribution in [0.1, 0.15) is 0 Å². The number of hydrogen-bond acceptors (Lipinski definition) is 4. The highest BCUT2D eigenvalue weighted by atomic mass is 32.2. The molecule has 0 radical (unpaired) electrons. The van der Waals surface area contributed by atoms with Crippen LogP contribution >= 0.6 is 0 Å². The van der Waals surface area contributed by atoms with Crippen LogP contribution in [0.15, 0.2) is 71.2 Å². The van der Waals surface area contributed by atoms with Crippen LogP contribution in [-0.2, 0) is 10.0 Å². The van der Waals surface area contributed by atoms with Crippen LogP contribution in [0, 0.1) is 0 Å². The average Bonchev–Trinajstić information content (AvgIpc) is 2.76. The number of sulfonamides is 1. The van der Waals surface area contributed by atoms with E-state index in [0.717, 1.165) is 9.69 Å². The molecule has 0 bridgehead atoms. The highest BCUT2D eigenvalue weighted by Gasteiger charge is 2.22. The summed E-state index contributed by atoms with van der Waals surface area (Å²) in [6.45, 7) is 0. The molecule has 2 aromatic rings. The van der Waals surface area contributed by atoms with Gasteiger partial charge in [0.2, 0.25) is 0 Å². The van der Waals surface area contributed by atoms with Gasteiger partial charge in [0.1, 0.15) is 0 Å². The fraction of sp³-hybridized carbons (Fsp3) is 0. The van der Waals surface area contributed by atoms with Crippen molar-refractivity contribution in [2.24, 2.45) is 4.99 Å². The van der Waals surface area contributed by atoms with Crippen LogP contribution < -0.4 is 0 Å². The Morgan fingerprint density at radius 2 is 2.00 bits per heavy atom. The van der Waals surface area contributed by atoms with Crippen molar-refractivity contribution in [2.75, 3.05) is 0 Å². The van der Waals surface area contributed by atoms with Gasteiger partial charge in [0.25, 0.3) is 10.0 Å². The molecule has 0 fully saturated rings. The number of rotatable bonds is 2. The van der Waals surface area contributed by atoms with E-state index in [1.165, 1.54) is 24.8 Å². The molecule has 3 rings (SSSR count). The number of hydrogen-bond donors (Lipinski definition) is 0. The van der Waals surface area contributed by atoms with E-state index in [4.69, 9.17) is 0 Å². The highest BCUT2D eigenvalue weighted by Crippen LogP contribution is 2.25. The van der Waals surface area contributed by atoms with Crippen LogP contribution in [0.5, 0.6) is 0 Å². The zero-order valence-corrected chi connectivity index (χ0v) is 11.2. The average molecular weight is 285 g/mol.